The van der Waals surface area contributed by atoms with Crippen molar-refractivity contribution < 1.29 is 9.90 Å². The summed E-state index contributed by atoms with van der Waals surface area (Å²) in [5, 5.41) is 25.8. The highest BCUT2D eigenvalue weighted by Gasteiger charge is 2.30. The molecule has 1 aliphatic heterocycles. The van der Waals surface area contributed by atoms with Gasteiger partial charge in [-0.3, -0.25) is 14.4 Å². The maximum atomic E-state index is 11.3. The van der Waals surface area contributed by atoms with Gasteiger partial charge in [0.25, 0.3) is 0 Å². The van der Waals surface area contributed by atoms with Crippen molar-refractivity contribution in [1.82, 2.24) is 14.7 Å². The van der Waals surface area contributed by atoms with E-state index in [2.05, 4.69) is 23.8 Å². The highest BCUT2D eigenvalue weighted by Crippen LogP contribution is 2.38. The van der Waals surface area contributed by atoms with Crippen LogP contribution in [0.1, 0.15) is 17.4 Å². The molecule has 7 heteroatoms. The Kier molecular flexibility index (Phi) is 4.43. The number of nitrogens with two attached hydrogens (primary N) is 1. The lowest BCUT2D eigenvalue weighted by molar-refractivity contribution is -0.115. The van der Waals surface area contributed by atoms with E-state index in [1.54, 1.807) is 15.8 Å². The normalized spacial score (nSPS) is 16.1. The number of hydrogen-bond donors (Lipinski definition) is 2. The number of fused-ring (bicyclic) bond motifs is 3. The predicted octanol–water partition coefficient (Wildman–Crippen LogP) is 2.07. The van der Waals surface area contributed by atoms with E-state index in [9.17, 15) is 9.90 Å². The molecule has 1 amide bonds. The molecule has 0 saturated heterocycles. The molecule has 3 aromatic rings. The molecule has 0 radical (unpaired) electrons. The zero-order valence-electron chi connectivity index (χ0n) is 15.2. The van der Waals surface area contributed by atoms with Crippen molar-refractivity contribution >= 4 is 16.7 Å². The summed E-state index contributed by atoms with van der Waals surface area (Å²) in [4.78, 5) is 13.1. The Bertz CT molecular complexity index is 1140. The molecule has 1 unspecified atom stereocenters. The number of nitriles is 1. The zero-order chi connectivity index (χ0) is 19.8. The molecule has 3 N–H and O–H groups in total. The van der Waals surface area contributed by atoms with Crippen molar-refractivity contribution in [2.24, 2.45) is 5.73 Å². The minimum absolute atomic E-state index is 0.202. The molecule has 2 heterocycles. The summed E-state index contributed by atoms with van der Waals surface area (Å²) in [6, 6.07) is 12.1. The molecule has 7 nitrogen and oxygen atoms in total. The van der Waals surface area contributed by atoms with Gasteiger partial charge in [0.15, 0.2) is 0 Å². The first-order valence-corrected chi connectivity index (χ1v) is 8.83. The molecule has 0 spiro atoms. The van der Waals surface area contributed by atoms with Gasteiger partial charge in [0, 0.05) is 36.0 Å². The molecule has 140 valence electrons. The summed E-state index contributed by atoms with van der Waals surface area (Å²) in [6.45, 7) is 4.60. The number of aliphatic hydroxyl groups is 1. The smallest absolute Gasteiger partial charge is 0.245 e. The van der Waals surface area contributed by atoms with Gasteiger partial charge < -0.3 is 10.8 Å². The van der Waals surface area contributed by atoms with Gasteiger partial charge >= 0.3 is 0 Å². The number of rotatable bonds is 5. The van der Waals surface area contributed by atoms with E-state index in [0.29, 0.717) is 6.54 Å². The first kappa shape index (κ1) is 17.9. The Morgan fingerprint density at radius 3 is 2.89 bits per heavy atom. The number of aliphatic hydroxyl groups excluding tert-OH is 1. The van der Waals surface area contributed by atoms with Crippen LogP contribution in [0.25, 0.3) is 21.9 Å². The summed E-state index contributed by atoms with van der Waals surface area (Å²) in [5.41, 5.74) is 9.31. The van der Waals surface area contributed by atoms with Gasteiger partial charge in [0.1, 0.15) is 12.8 Å². The van der Waals surface area contributed by atoms with Crippen LogP contribution in [-0.2, 0) is 17.9 Å². The Morgan fingerprint density at radius 2 is 2.14 bits per heavy atom. The number of hydrogen-bond acceptors (Lipinski definition) is 5. The van der Waals surface area contributed by atoms with Gasteiger partial charge in [0.05, 0.1) is 12.3 Å². The Labute approximate surface area is 161 Å². The van der Waals surface area contributed by atoms with E-state index in [4.69, 9.17) is 11.0 Å². The average molecular weight is 373 g/mol. The molecular formula is C21H19N5O2. The van der Waals surface area contributed by atoms with E-state index >= 15 is 0 Å². The minimum atomic E-state index is -0.808. The maximum Gasteiger partial charge on any atom is 0.245 e. The van der Waals surface area contributed by atoms with Crippen molar-refractivity contribution in [2.45, 2.75) is 19.3 Å². The number of primary amides is 1. The van der Waals surface area contributed by atoms with E-state index in [1.165, 1.54) is 0 Å². The van der Waals surface area contributed by atoms with Crippen LogP contribution in [0.4, 0.5) is 0 Å². The van der Waals surface area contributed by atoms with E-state index in [1.807, 2.05) is 30.5 Å². The molecule has 0 fully saturated rings. The van der Waals surface area contributed by atoms with Crippen molar-refractivity contribution in [3.05, 3.63) is 66.0 Å². The molecule has 1 aliphatic rings. The fourth-order valence-corrected chi connectivity index (χ4v) is 3.62. The number of nitrogens with zero attached hydrogens (tertiary/aromatic N) is 4. The fourth-order valence-electron chi connectivity index (χ4n) is 3.62. The molecule has 0 aliphatic carbocycles. The summed E-state index contributed by atoms with van der Waals surface area (Å²) >= 11 is 0. The average Bonchev–Trinajstić information content (AvgIpc) is 3.27. The lowest BCUT2D eigenvalue weighted by atomic mass is 9.97. The van der Waals surface area contributed by atoms with Crippen LogP contribution in [0, 0.1) is 11.3 Å². The van der Waals surface area contributed by atoms with E-state index < -0.39 is 12.1 Å². The molecular weight excluding hydrogens is 354 g/mol. The Hall–Kier alpha value is -3.47. The van der Waals surface area contributed by atoms with Crippen molar-refractivity contribution in [2.75, 3.05) is 6.54 Å². The van der Waals surface area contributed by atoms with Crippen LogP contribution < -0.4 is 5.73 Å². The number of carbonyl (C=O) groups is 1. The second-order valence-corrected chi connectivity index (χ2v) is 6.90. The van der Waals surface area contributed by atoms with Gasteiger partial charge in [-0.25, -0.2) is 0 Å². The first-order chi connectivity index (χ1) is 13.5. The number of amides is 1. The van der Waals surface area contributed by atoms with E-state index in [0.717, 1.165) is 33.0 Å². The fraction of sp³-hybridized carbons (Fsp3) is 0.190. The topological polar surface area (TPSA) is 108 Å². The summed E-state index contributed by atoms with van der Waals surface area (Å²) in [6.07, 6.45) is 2.77. The summed E-state index contributed by atoms with van der Waals surface area (Å²) in [7, 11) is 0. The SMILES string of the molecule is C=C(CN1Cc2c(ccc3ccc(-c4cnn(CC#N)c4)cc23)C1O)C(N)=O. The molecule has 2 aromatic carbocycles. The van der Waals surface area contributed by atoms with Crippen molar-refractivity contribution in [1.29, 1.82) is 5.26 Å². The monoisotopic (exact) mass is 373 g/mol. The van der Waals surface area contributed by atoms with Crippen LogP contribution in [0.2, 0.25) is 0 Å². The van der Waals surface area contributed by atoms with Crippen LogP contribution in [-0.4, -0.2) is 32.2 Å². The minimum Gasteiger partial charge on any atom is -0.374 e. The molecule has 0 bridgehead atoms. The molecule has 28 heavy (non-hydrogen) atoms. The molecule has 0 saturated carbocycles. The number of benzene rings is 2. The summed E-state index contributed by atoms with van der Waals surface area (Å²) in [5.74, 6) is -0.565. The van der Waals surface area contributed by atoms with E-state index in [-0.39, 0.29) is 18.7 Å². The highest BCUT2D eigenvalue weighted by molar-refractivity contribution is 5.92. The molecule has 1 atom stereocenters. The van der Waals surface area contributed by atoms with Crippen LogP contribution in [0.3, 0.4) is 0 Å². The molecule has 1 aromatic heterocycles. The van der Waals surface area contributed by atoms with Gasteiger partial charge in [-0.05, 0) is 28.0 Å². The maximum absolute atomic E-state index is 11.3. The largest absolute Gasteiger partial charge is 0.374 e. The van der Waals surface area contributed by atoms with Gasteiger partial charge in [-0.15, -0.1) is 0 Å². The van der Waals surface area contributed by atoms with Gasteiger partial charge in [0.2, 0.25) is 5.91 Å². The number of carbonyl (C=O) groups excluding carboxylic acids is 1. The predicted molar refractivity (Wildman–Crippen MR) is 104 cm³/mol. The van der Waals surface area contributed by atoms with Crippen LogP contribution >= 0.6 is 0 Å². The third-order valence-electron chi connectivity index (χ3n) is 5.10. The molecule has 4 rings (SSSR count). The van der Waals surface area contributed by atoms with Crippen LogP contribution in [0.15, 0.2) is 54.9 Å². The standard InChI is InChI=1S/C21H19N5O2/c1-13(20(23)27)10-25-12-19-17(21(25)28)5-4-14-2-3-15(8-18(14)19)16-9-24-26(11-16)7-6-22/h2-5,8-9,11,21,28H,1,7,10,12H2,(H2,23,27). The quantitative estimate of drug-likeness (QED) is 0.666. The Morgan fingerprint density at radius 1 is 1.36 bits per heavy atom. The summed E-state index contributed by atoms with van der Waals surface area (Å²) < 4.78 is 1.59. The Balaban J connectivity index is 1.72. The second-order valence-electron chi connectivity index (χ2n) is 6.90. The van der Waals surface area contributed by atoms with Crippen molar-refractivity contribution in [3.63, 3.8) is 0 Å². The lowest BCUT2D eigenvalue weighted by Crippen LogP contribution is -2.28. The second kappa shape index (κ2) is 6.93. The third kappa shape index (κ3) is 3.05. The first-order valence-electron chi connectivity index (χ1n) is 8.83. The van der Waals surface area contributed by atoms with Gasteiger partial charge in [-0.1, -0.05) is 30.8 Å². The zero-order valence-corrected chi connectivity index (χ0v) is 15.2. The van der Waals surface area contributed by atoms with Crippen molar-refractivity contribution in [3.8, 4) is 17.2 Å². The van der Waals surface area contributed by atoms with Crippen LogP contribution in [0.5, 0.6) is 0 Å². The third-order valence-corrected chi connectivity index (χ3v) is 5.10. The number of aromatic nitrogens is 2. The van der Waals surface area contributed by atoms with Gasteiger partial charge in [-0.2, -0.15) is 10.4 Å². The lowest BCUT2D eigenvalue weighted by Gasteiger charge is -2.20. The highest BCUT2D eigenvalue weighted by atomic mass is 16.3.